The summed E-state index contributed by atoms with van der Waals surface area (Å²) in [6, 6.07) is 10.0. The van der Waals surface area contributed by atoms with Crippen molar-refractivity contribution in [3.8, 4) is 23.0 Å². The predicted octanol–water partition coefficient (Wildman–Crippen LogP) is 3.58. The fourth-order valence-corrected chi connectivity index (χ4v) is 1.95. The van der Waals surface area contributed by atoms with Crippen LogP contribution in [0.1, 0.15) is 18.1 Å². The zero-order valence-electron chi connectivity index (χ0n) is 14.1. The molecule has 5 heteroatoms. The van der Waals surface area contributed by atoms with Gasteiger partial charge in [0.25, 0.3) is 0 Å². The van der Waals surface area contributed by atoms with Gasteiger partial charge in [0.05, 0.1) is 14.2 Å². The second-order valence-corrected chi connectivity index (χ2v) is 5.02. The molecule has 0 saturated carbocycles. The van der Waals surface area contributed by atoms with E-state index in [0.717, 1.165) is 11.1 Å². The van der Waals surface area contributed by atoms with Gasteiger partial charge in [-0.1, -0.05) is 24.8 Å². The van der Waals surface area contributed by atoms with E-state index in [2.05, 4.69) is 6.58 Å². The van der Waals surface area contributed by atoms with E-state index in [9.17, 15) is 15.0 Å². The summed E-state index contributed by atoms with van der Waals surface area (Å²) in [5.41, 5.74) is 1.73. The molecule has 128 valence electrons. The number of hydrogen-bond acceptors (Lipinski definition) is 5. The Morgan fingerprint density at radius 2 is 1.71 bits per heavy atom. The lowest BCUT2D eigenvalue weighted by Gasteiger charge is -2.04. The van der Waals surface area contributed by atoms with E-state index in [1.165, 1.54) is 27.2 Å². The van der Waals surface area contributed by atoms with Gasteiger partial charge in [-0.3, -0.25) is 4.79 Å². The fourth-order valence-electron chi connectivity index (χ4n) is 1.95. The summed E-state index contributed by atoms with van der Waals surface area (Å²) < 4.78 is 9.77. The van der Waals surface area contributed by atoms with Crippen LogP contribution in [-0.2, 0) is 11.2 Å². The molecular weight excluding hydrogens is 308 g/mol. The molecule has 0 spiro atoms. The third kappa shape index (κ3) is 5.68. The number of methoxy groups -OCH3 is 2. The lowest BCUT2D eigenvalue weighted by Crippen LogP contribution is -1.96. The second kappa shape index (κ2) is 9.25. The molecule has 24 heavy (non-hydrogen) atoms. The van der Waals surface area contributed by atoms with Gasteiger partial charge in [0.15, 0.2) is 23.0 Å². The summed E-state index contributed by atoms with van der Waals surface area (Å²) in [6.07, 6.45) is 2.04. The monoisotopic (exact) mass is 330 g/mol. The molecule has 0 aromatic heterocycles. The molecule has 0 aliphatic heterocycles. The SMILES string of the molecule is C=Cc1ccc(OC)c(O)c1.COc1cc(CC(C)=O)ccc1O. The number of hydrogen-bond donors (Lipinski definition) is 2. The molecule has 0 bridgehead atoms. The van der Waals surface area contributed by atoms with Crippen molar-refractivity contribution in [1.82, 2.24) is 0 Å². The maximum absolute atomic E-state index is 10.8. The first kappa shape index (κ1) is 19.1. The quantitative estimate of drug-likeness (QED) is 0.876. The number of rotatable bonds is 5. The Morgan fingerprint density at radius 3 is 2.21 bits per heavy atom. The second-order valence-electron chi connectivity index (χ2n) is 5.02. The van der Waals surface area contributed by atoms with Crippen molar-refractivity contribution in [2.45, 2.75) is 13.3 Å². The number of aromatic hydroxyl groups is 2. The fraction of sp³-hybridized carbons (Fsp3) is 0.211. The zero-order valence-corrected chi connectivity index (χ0v) is 14.1. The highest BCUT2D eigenvalue weighted by atomic mass is 16.5. The van der Waals surface area contributed by atoms with Gasteiger partial charge in [0, 0.05) is 6.42 Å². The highest BCUT2D eigenvalue weighted by Crippen LogP contribution is 2.27. The number of ether oxygens (including phenoxy) is 2. The molecule has 5 nitrogen and oxygen atoms in total. The number of carbonyl (C=O) groups excluding carboxylic acids is 1. The Labute approximate surface area is 141 Å². The summed E-state index contributed by atoms with van der Waals surface area (Å²) >= 11 is 0. The van der Waals surface area contributed by atoms with Crippen molar-refractivity contribution in [2.24, 2.45) is 0 Å². The number of benzene rings is 2. The minimum Gasteiger partial charge on any atom is -0.504 e. The average Bonchev–Trinajstić information content (AvgIpc) is 2.56. The topological polar surface area (TPSA) is 76.0 Å². The minimum atomic E-state index is 0.0905. The highest BCUT2D eigenvalue weighted by molar-refractivity contribution is 5.78. The number of phenols is 2. The summed E-state index contributed by atoms with van der Waals surface area (Å²) in [5, 5.41) is 18.5. The van der Waals surface area contributed by atoms with Crippen molar-refractivity contribution in [1.29, 1.82) is 0 Å². The van der Waals surface area contributed by atoms with Gasteiger partial charge < -0.3 is 19.7 Å². The Morgan fingerprint density at radius 1 is 1.04 bits per heavy atom. The van der Waals surface area contributed by atoms with E-state index in [1.807, 2.05) is 6.07 Å². The first-order chi connectivity index (χ1) is 11.4. The smallest absolute Gasteiger partial charge is 0.160 e. The normalized spacial score (nSPS) is 9.46. The van der Waals surface area contributed by atoms with Gasteiger partial charge >= 0.3 is 0 Å². The average molecular weight is 330 g/mol. The van der Waals surface area contributed by atoms with Crippen molar-refractivity contribution in [2.75, 3.05) is 14.2 Å². The number of phenolic OH excluding ortho intramolecular Hbond substituents is 2. The standard InChI is InChI=1S/C10H12O3.C9H10O2/c1-7(11)5-8-3-4-9(12)10(6-8)13-2;1-3-7-4-5-9(11-2)8(10)6-7/h3-4,6,12H,5H2,1-2H3;3-6,10H,1H2,2H3. The molecule has 0 saturated heterocycles. The molecule has 2 aromatic carbocycles. The van der Waals surface area contributed by atoms with Crippen LogP contribution in [0.3, 0.4) is 0 Å². The van der Waals surface area contributed by atoms with Crippen molar-refractivity contribution < 1.29 is 24.5 Å². The van der Waals surface area contributed by atoms with Crippen LogP contribution < -0.4 is 9.47 Å². The van der Waals surface area contributed by atoms with Gasteiger partial charge in [0.1, 0.15) is 5.78 Å². The highest BCUT2D eigenvalue weighted by Gasteiger charge is 2.03. The van der Waals surface area contributed by atoms with Crippen molar-refractivity contribution >= 4 is 11.9 Å². The summed E-state index contributed by atoms with van der Waals surface area (Å²) in [4.78, 5) is 10.8. The minimum absolute atomic E-state index is 0.0905. The molecule has 0 atom stereocenters. The van der Waals surface area contributed by atoms with E-state index in [-0.39, 0.29) is 17.3 Å². The Balaban J connectivity index is 0.000000243. The number of ketones is 1. The van der Waals surface area contributed by atoms with E-state index in [1.54, 1.807) is 30.3 Å². The predicted molar refractivity (Wildman–Crippen MR) is 93.8 cm³/mol. The lowest BCUT2D eigenvalue weighted by molar-refractivity contribution is -0.116. The van der Waals surface area contributed by atoms with Gasteiger partial charge in [-0.2, -0.15) is 0 Å². The van der Waals surface area contributed by atoms with Crippen LogP contribution in [0, 0.1) is 0 Å². The first-order valence-corrected chi connectivity index (χ1v) is 7.26. The molecule has 0 unspecified atom stereocenters. The molecule has 2 aromatic rings. The van der Waals surface area contributed by atoms with E-state index in [4.69, 9.17) is 9.47 Å². The van der Waals surface area contributed by atoms with Gasteiger partial charge in [-0.25, -0.2) is 0 Å². The molecule has 0 amide bonds. The van der Waals surface area contributed by atoms with Gasteiger partial charge in [-0.15, -0.1) is 0 Å². The van der Waals surface area contributed by atoms with Gasteiger partial charge in [-0.05, 0) is 42.3 Å². The van der Waals surface area contributed by atoms with Crippen molar-refractivity contribution in [3.05, 3.63) is 54.1 Å². The Hall–Kier alpha value is -2.95. The molecule has 0 aliphatic carbocycles. The molecule has 2 N–H and O–H groups in total. The Bertz CT molecular complexity index is 707. The molecule has 0 heterocycles. The maximum atomic E-state index is 10.8. The number of carbonyl (C=O) groups is 1. The van der Waals surface area contributed by atoms with Crippen LogP contribution in [0.4, 0.5) is 0 Å². The first-order valence-electron chi connectivity index (χ1n) is 7.26. The van der Waals surface area contributed by atoms with Crippen LogP contribution in [0.5, 0.6) is 23.0 Å². The Kier molecular flexibility index (Phi) is 7.36. The molecular formula is C19H22O5. The molecule has 0 aliphatic rings. The largest absolute Gasteiger partial charge is 0.504 e. The third-order valence-electron chi connectivity index (χ3n) is 3.14. The molecule has 0 radical (unpaired) electrons. The summed E-state index contributed by atoms with van der Waals surface area (Å²) in [6.45, 7) is 5.10. The summed E-state index contributed by atoms with van der Waals surface area (Å²) in [5.74, 6) is 1.21. The van der Waals surface area contributed by atoms with Crippen LogP contribution in [0.2, 0.25) is 0 Å². The van der Waals surface area contributed by atoms with E-state index in [0.29, 0.717) is 17.9 Å². The van der Waals surface area contributed by atoms with Crippen LogP contribution in [0.15, 0.2) is 43.0 Å². The lowest BCUT2D eigenvalue weighted by atomic mass is 10.1. The van der Waals surface area contributed by atoms with Gasteiger partial charge in [0.2, 0.25) is 0 Å². The van der Waals surface area contributed by atoms with Crippen LogP contribution in [-0.4, -0.2) is 30.2 Å². The van der Waals surface area contributed by atoms with Crippen LogP contribution in [0.25, 0.3) is 6.08 Å². The molecule has 2 rings (SSSR count). The third-order valence-corrected chi connectivity index (χ3v) is 3.14. The van der Waals surface area contributed by atoms with E-state index < -0.39 is 0 Å². The maximum Gasteiger partial charge on any atom is 0.160 e. The van der Waals surface area contributed by atoms with Crippen molar-refractivity contribution in [3.63, 3.8) is 0 Å². The van der Waals surface area contributed by atoms with E-state index >= 15 is 0 Å². The summed E-state index contributed by atoms with van der Waals surface area (Å²) in [7, 11) is 3.00. The zero-order chi connectivity index (χ0) is 18.1. The number of Topliss-reactive ketones (excluding diaryl/α,β-unsaturated/α-hetero) is 1. The van der Waals surface area contributed by atoms with Crippen LogP contribution >= 0.6 is 0 Å². The molecule has 0 fully saturated rings.